The van der Waals surface area contributed by atoms with E-state index in [0.29, 0.717) is 24.5 Å². The number of ether oxygens (including phenoxy) is 2. The topological polar surface area (TPSA) is 108 Å². The van der Waals surface area contributed by atoms with Crippen LogP contribution in [0.25, 0.3) is 0 Å². The van der Waals surface area contributed by atoms with E-state index in [1.807, 2.05) is 53.4 Å². The Balaban J connectivity index is 1.26. The molecule has 2 fully saturated rings. The molecule has 2 amide bonds. The van der Waals surface area contributed by atoms with Gasteiger partial charge in [-0.05, 0) is 73.4 Å². The molecule has 2 saturated heterocycles. The zero-order valence-electron chi connectivity index (χ0n) is 24.2. The second kappa shape index (κ2) is 12.6. The number of carbonyl (C=O) groups is 2. The molecule has 0 unspecified atom stereocenters. The van der Waals surface area contributed by atoms with E-state index in [2.05, 4.69) is 5.32 Å². The highest BCUT2D eigenvalue weighted by molar-refractivity contribution is 7.89. The van der Waals surface area contributed by atoms with Gasteiger partial charge in [0, 0.05) is 25.3 Å². The summed E-state index contributed by atoms with van der Waals surface area (Å²) in [5.41, 5.74) is 0.796. The summed E-state index contributed by atoms with van der Waals surface area (Å²) in [5, 5.41) is 2.90. The lowest BCUT2D eigenvalue weighted by Gasteiger charge is -2.42. The van der Waals surface area contributed by atoms with Crippen molar-refractivity contribution in [2.24, 2.45) is 0 Å². The number of anilines is 1. The Morgan fingerprint density at radius 2 is 1.63 bits per heavy atom. The Bertz CT molecular complexity index is 1560. The molecule has 2 aliphatic heterocycles. The fourth-order valence-corrected chi connectivity index (χ4v) is 7.23. The van der Waals surface area contributed by atoms with Crippen molar-refractivity contribution < 1.29 is 31.9 Å². The zero-order chi connectivity index (χ0) is 30.6. The summed E-state index contributed by atoms with van der Waals surface area (Å²) in [6.07, 6.45) is 1.07. The van der Waals surface area contributed by atoms with Crippen LogP contribution >= 0.6 is 0 Å². The smallest absolute Gasteiger partial charge is 0.250 e. The van der Waals surface area contributed by atoms with Crippen molar-refractivity contribution in [1.82, 2.24) is 14.5 Å². The summed E-state index contributed by atoms with van der Waals surface area (Å²) in [6.45, 7) is 0.685. The van der Waals surface area contributed by atoms with E-state index in [1.165, 1.54) is 21.3 Å². The van der Waals surface area contributed by atoms with Gasteiger partial charge in [0.05, 0.1) is 25.8 Å². The molecule has 0 aliphatic carbocycles. The van der Waals surface area contributed by atoms with Gasteiger partial charge in [-0.2, -0.15) is 4.31 Å². The maximum atomic E-state index is 14.0. The van der Waals surface area contributed by atoms with Crippen LogP contribution in [0.4, 0.5) is 10.1 Å². The van der Waals surface area contributed by atoms with Gasteiger partial charge in [0.25, 0.3) is 0 Å². The molecule has 0 aromatic heterocycles. The van der Waals surface area contributed by atoms with E-state index in [1.54, 1.807) is 14.2 Å². The quantitative estimate of drug-likeness (QED) is 0.376. The maximum absolute atomic E-state index is 14.0. The molecule has 5 rings (SSSR count). The number of hydrogen-bond acceptors (Lipinski definition) is 7. The van der Waals surface area contributed by atoms with E-state index in [9.17, 15) is 22.4 Å². The SMILES string of the molecule is COc1ccc(CCNC(=O)CN2CN(c3ccccc3)C3(CCN(S(=O)(=O)c4ccc(F)cc4)CC3)C2=O)cc1OC. The molecule has 3 aromatic rings. The van der Waals surface area contributed by atoms with Crippen LogP contribution in [-0.2, 0) is 26.0 Å². The van der Waals surface area contributed by atoms with E-state index in [0.717, 1.165) is 23.4 Å². The zero-order valence-corrected chi connectivity index (χ0v) is 25.0. The predicted molar refractivity (Wildman–Crippen MR) is 159 cm³/mol. The van der Waals surface area contributed by atoms with Crippen molar-refractivity contribution in [3.05, 3.63) is 84.2 Å². The predicted octanol–water partition coefficient (Wildman–Crippen LogP) is 3.03. The van der Waals surface area contributed by atoms with Crippen molar-refractivity contribution >= 4 is 27.5 Å². The monoisotopic (exact) mass is 610 g/mol. The molecule has 1 spiro atoms. The third-order valence-corrected chi connectivity index (χ3v) is 10.0. The second-order valence-corrected chi connectivity index (χ2v) is 12.5. The fraction of sp³-hybridized carbons (Fsp3) is 0.355. The van der Waals surface area contributed by atoms with E-state index >= 15 is 0 Å². The number of methoxy groups -OCH3 is 2. The lowest BCUT2D eigenvalue weighted by Crippen LogP contribution is -2.57. The molecule has 10 nitrogen and oxygen atoms in total. The molecule has 3 aromatic carbocycles. The van der Waals surface area contributed by atoms with Gasteiger partial charge < -0.3 is 24.6 Å². The summed E-state index contributed by atoms with van der Waals surface area (Å²) in [7, 11) is -0.720. The number of amides is 2. The number of nitrogens with one attached hydrogen (secondary N) is 1. The molecule has 1 N–H and O–H groups in total. The molecule has 12 heteroatoms. The van der Waals surface area contributed by atoms with Crippen molar-refractivity contribution in [2.45, 2.75) is 29.7 Å². The molecular weight excluding hydrogens is 575 g/mol. The average molecular weight is 611 g/mol. The second-order valence-electron chi connectivity index (χ2n) is 10.6. The first-order valence-electron chi connectivity index (χ1n) is 14.0. The molecule has 2 heterocycles. The van der Waals surface area contributed by atoms with Crippen LogP contribution in [0.15, 0.2) is 77.7 Å². The molecule has 43 heavy (non-hydrogen) atoms. The lowest BCUT2D eigenvalue weighted by molar-refractivity contribution is -0.137. The highest BCUT2D eigenvalue weighted by atomic mass is 32.2. The summed E-state index contributed by atoms with van der Waals surface area (Å²) in [5.74, 6) is 0.229. The number of sulfonamides is 1. The number of para-hydroxylation sites is 1. The summed E-state index contributed by atoms with van der Waals surface area (Å²) in [6, 6.07) is 19.8. The largest absolute Gasteiger partial charge is 0.493 e. The van der Waals surface area contributed by atoms with Crippen molar-refractivity contribution in [2.75, 3.05) is 52.0 Å². The van der Waals surface area contributed by atoms with Crippen molar-refractivity contribution in [1.29, 1.82) is 0 Å². The standard InChI is InChI=1S/C31H35FN4O6S/c1-41-27-13-8-23(20-28(27)42-2)14-17-33-29(37)21-34-22-36(25-6-4-3-5-7-25)31(30(34)38)15-18-35(19-16-31)43(39,40)26-11-9-24(32)10-12-26/h3-13,20H,14-19,21-22H2,1-2H3,(H,33,37). The molecule has 0 atom stereocenters. The lowest BCUT2D eigenvalue weighted by atomic mass is 9.86. The Hall–Kier alpha value is -4.16. The number of rotatable bonds is 10. The number of halogens is 1. The van der Waals surface area contributed by atoms with E-state index in [-0.39, 0.29) is 55.9 Å². The van der Waals surface area contributed by atoms with Crippen LogP contribution in [-0.4, -0.2) is 82.0 Å². The van der Waals surface area contributed by atoms with Gasteiger partial charge in [-0.1, -0.05) is 24.3 Å². The minimum atomic E-state index is -3.85. The number of carbonyl (C=O) groups excluding carboxylic acids is 2. The van der Waals surface area contributed by atoms with Gasteiger partial charge in [-0.3, -0.25) is 9.59 Å². The molecule has 228 valence electrons. The van der Waals surface area contributed by atoms with Gasteiger partial charge in [-0.25, -0.2) is 12.8 Å². The summed E-state index contributed by atoms with van der Waals surface area (Å²) >= 11 is 0. The number of nitrogens with zero attached hydrogens (tertiary/aromatic N) is 3. The van der Waals surface area contributed by atoms with Crippen LogP contribution < -0.4 is 19.7 Å². The van der Waals surface area contributed by atoms with Gasteiger partial charge in [0.2, 0.25) is 21.8 Å². The molecule has 0 bridgehead atoms. The molecule has 0 radical (unpaired) electrons. The van der Waals surface area contributed by atoms with Gasteiger partial charge >= 0.3 is 0 Å². The highest BCUT2D eigenvalue weighted by Crippen LogP contribution is 2.40. The van der Waals surface area contributed by atoms with Gasteiger partial charge in [-0.15, -0.1) is 0 Å². The summed E-state index contributed by atoms with van der Waals surface area (Å²) in [4.78, 5) is 30.4. The first-order chi connectivity index (χ1) is 20.7. The normalized spacial score (nSPS) is 16.9. The third-order valence-electron chi connectivity index (χ3n) is 8.10. The van der Waals surface area contributed by atoms with E-state index < -0.39 is 21.4 Å². The number of hydrogen-bond donors (Lipinski definition) is 1. The minimum absolute atomic E-state index is 0.00824. The minimum Gasteiger partial charge on any atom is -0.493 e. The maximum Gasteiger partial charge on any atom is 0.250 e. The van der Waals surface area contributed by atoms with Crippen LogP contribution in [0.5, 0.6) is 11.5 Å². The third kappa shape index (κ3) is 6.16. The Kier molecular flexibility index (Phi) is 8.88. The van der Waals surface area contributed by atoms with Gasteiger partial charge in [0.15, 0.2) is 11.5 Å². The van der Waals surface area contributed by atoms with Crippen LogP contribution in [0.1, 0.15) is 18.4 Å². The average Bonchev–Trinajstić information content (AvgIpc) is 3.27. The Morgan fingerprint density at radius 1 is 0.953 bits per heavy atom. The highest BCUT2D eigenvalue weighted by Gasteiger charge is 2.55. The number of benzene rings is 3. The Morgan fingerprint density at radius 3 is 2.28 bits per heavy atom. The molecular formula is C31H35FN4O6S. The number of piperidine rings is 1. The van der Waals surface area contributed by atoms with Crippen molar-refractivity contribution in [3.8, 4) is 11.5 Å². The fourth-order valence-electron chi connectivity index (χ4n) is 5.79. The van der Waals surface area contributed by atoms with E-state index in [4.69, 9.17) is 9.47 Å². The van der Waals surface area contributed by atoms with Crippen LogP contribution in [0.2, 0.25) is 0 Å². The first kappa shape index (κ1) is 30.3. The Labute approximate surface area is 251 Å². The molecule has 0 saturated carbocycles. The first-order valence-corrected chi connectivity index (χ1v) is 15.5. The van der Waals surface area contributed by atoms with Crippen LogP contribution in [0.3, 0.4) is 0 Å². The molecule has 2 aliphatic rings. The van der Waals surface area contributed by atoms with Crippen molar-refractivity contribution in [3.63, 3.8) is 0 Å². The summed E-state index contributed by atoms with van der Waals surface area (Å²) < 4.78 is 51.8. The van der Waals surface area contributed by atoms with Crippen LogP contribution in [0, 0.1) is 5.82 Å². The van der Waals surface area contributed by atoms with Gasteiger partial charge in [0.1, 0.15) is 17.9 Å².